The second-order valence-corrected chi connectivity index (χ2v) is 6.35. The molecule has 0 amide bonds. The quantitative estimate of drug-likeness (QED) is 0.727. The molecule has 0 saturated heterocycles. The monoisotopic (exact) mass is 328 g/mol. The Labute approximate surface area is 123 Å². The van der Waals surface area contributed by atoms with E-state index in [2.05, 4.69) is 29.1 Å². The van der Waals surface area contributed by atoms with E-state index >= 15 is 0 Å². The highest BCUT2D eigenvalue weighted by atomic mass is 79.9. The maximum atomic E-state index is 12.3. The lowest BCUT2D eigenvalue weighted by Gasteiger charge is -2.28. The van der Waals surface area contributed by atoms with E-state index in [1.54, 1.807) is 20.1 Å². The Morgan fingerprint density at radius 1 is 1.63 bits per heavy atom. The van der Waals surface area contributed by atoms with Crippen LogP contribution in [0.2, 0.25) is 0 Å². The summed E-state index contributed by atoms with van der Waals surface area (Å²) in [6, 6.07) is 0. The molecule has 0 aromatic carbocycles. The first kappa shape index (κ1) is 16.2. The van der Waals surface area contributed by atoms with E-state index in [4.69, 9.17) is 4.74 Å². The summed E-state index contributed by atoms with van der Waals surface area (Å²) in [6.45, 7) is 9.35. The molecule has 1 aliphatic carbocycles. The van der Waals surface area contributed by atoms with Gasteiger partial charge in [-0.25, -0.2) is 0 Å². The van der Waals surface area contributed by atoms with Gasteiger partial charge in [-0.1, -0.05) is 34.7 Å². The lowest BCUT2D eigenvalue weighted by atomic mass is 9.76. The van der Waals surface area contributed by atoms with Crippen LogP contribution in [-0.4, -0.2) is 24.1 Å². The van der Waals surface area contributed by atoms with E-state index in [9.17, 15) is 9.90 Å². The largest absolute Gasteiger partial charge is 0.501 e. The van der Waals surface area contributed by atoms with E-state index in [0.717, 1.165) is 10.1 Å². The lowest BCUT2D eigenvalue weighted by Crippen LogP contribution is -2.28. The molecule has 3 nitrogen and oxygen atoms in total. The number of rotatable bonds is 7. The molecule has 0 spiro atoms. The minimum Gasteiger partial charge on any atom is -0.501 e. The lowest BCUT2D eigenvalue weighted by molar-refractivity contribution is -0.123. The van der Waals surface area contributed by atoms with Crippen LogP contribution in [0.25, 0.3) is 0 Å². The fraction of sp³-hybridized carbons (Fsp3) is 0.533. The van der Waals surface area contributed by atoms with Crippen LogP contribution in [-0.2, 0) is 9.53 Å². The van der Waals surface area contributed by atoms with Crippen molar-refractivity contribution in [2.45, 2.75) is 38.7 Å². The van der Waals surface area contributed by atoms with Gasteiger partial charge >= 0.3 is 0 Å². The number of aliphatic hydroxyl groups is 1. The van der Waals surface area contributed by atoms with Crippen molar-refractivity contribution in [2.24, 2.45) is 5.41 Å². The number of halogens is 1. The van der Waals surface area contributed by atoms with E-state index in [1.165, 1.54) is 0 Å². The average molecular weight is 329 g/mol. The van der Waals surface area contributed by atoms with Crippen LogP contribution in [0.5, 0.6) is 0 Å². The summed E-state index contributed by atoms with van der Waals surface area (Å²) in [5.41, 5.74) is 0.181. The molecule has 0 heterocycles. The number of hydrogen-bond acceptors (Lipinski definition) is 3. The van der Waals surface area contributed by atoms with Gasteiger partial charge in [-0.15, -0.1) is 0 Å². The van der Waals surface area contributed by atoms with Crippen LogP contribution >= 0.6 is 15.9 Å². The molecular weight excluding hydrogens is 308 g/mol. The molecular formula is C15H21BrO3. The van der Waals surface area contributed by atoms with Gasteiger partial charge in [-0.3, -0.25) is 4.79 Å². The Morgan fingerprint density at radius 2 is 2.26 bits per heavy atom. The summed E-state index contributed by atoms with van der Waals surface area (Å²) in [4.78, 5) is 12.3. The van der Waals surface area contributed by atoms with Crippen molar-refractivity contribution in [3.63, 3.8) is 0 Å². The fourth-order valence-electron chi connectivity index (χ4n) is 2.38. The second kappa shape index (κ2) is 6.53. The van der Waals surface area contributed by atoms with Gasteiger partial charge in [0.05, 0.1) is 13.2 Å². The summed E-state index contributed by atoms with van der Waals surface area (Å²) in [5, 5.41) is 9.85. The fourth-order valence-corrected chi connectivity index (χ4v) is 2.91. The zero-order valence-corrected chi connectivity index (χ0v) is 13.1. The van der Waals surface area contributed by atoms with Gasteiger partial charge in [-0.2, -0.15) is 0 Å². The topological polar surface area (TPSA) is 46.5 Å². The van der Waals surface area contributed by atoms with Crippen molar-refractivity contribution < 1.29 is 14.6 Å². The molecule has 0 bridgehead atoms. The predicted octanol–water partition coefficient (Wildman–Crippen LogP) is 3.49. The molecule has 1 N–H and O–H groups in total. The first-order valence-electron chi connectivity index (χ1n) is 6.26. The van der Waals surface area contributed by atoms with Crippen LogP contribution in [0.15, 0.2) is 35.0 Å². The Hall–Kier alpha value is -0.870. The first-order valence-corrected chi connectivity index (χ1v) is 7.06. The zero-order valence-electron chi connectivity index (χ0n) is 11.5. The van der Waals surface area contributed by atoms with Gasteiger partial charge in [-0.05, 0) is 30.7 Å². The smallest absolute Gasteiger partial charge is 0.165 e. The SMILES string of the molecule is C=C(Br)C[C@]1(CC[C@H](O)C(=C)C)CC(OC)=CC1=O. The Morgan fingerprint density at radius 3 is 2.68 bits per heavy atom. The summed E-state index contributed by atoms with van der Waals surface area (Å²) in [6.07, 6.45) is 3.22. The van der Waals surface area contributed by atoms with Crippen molar-refractivity contribution in [3.05, 3.63) is 35.0 Å². The highest BCUT2D eigenvalue weighted by Crippen LogP contribution is 2.45. The van der Waals surface area contributed by atoms with Crippen molar-refractivity contribution in [3.8, 4) is 0 Å². The Kier molecular flexibility index (Phi) is 5.56. The van der Waals surface area contributed by atoms with Crippen LogP contribution in [0.3, 0.4) is 0 Å². The summed E-state index contributed by atoms with van der Waals surface area (Å²) < 4.78 is 5.98. The number of ether oxygens (including phenoxy) is 1. The Bertz CT molecular complexity index is 425. The average Bonchev–Trinajstić information content (AvgIpc) is 2.62. The molecule has 19 heavy (non-hydrogen) atoms. The van der Waals surface area contributed by atoms with Crippen LogP contribution in [0, 0.1) is 5.41 Å². The van der Waals surface area contributed by atoms with Gasteiger partial charge in [0.2, 0.25) is 0 Å². The van der Waals surface area contributed by atoms with Gasteiger partial charge in [0.15, 0.2) is 5.78 Å². The molecule has 0 unspecified atom stereocenters. The van der Waals surface area contributed by atoms with E-state index in [0.29, 0.717) is 31.4 Å². The van der Waals surface area contributed by atoms with Crippen LogP contribution in [0.1, 0.15) is 32.6 Å². The van der Waals surface area contributed by atoms with Gasteiger partial charge in [0.1, 0.15) is 5.76 Å². The van der Waals surface area contributed by atoms with E-state index in [1.807, 2.05) is 0 Å². The highest BCUT2D eigenvalue weighted by molar-refractivity contribution is 9.11. The summed E-state index contributed by atoms with van der Waals surface area (Å²) in [7, 11) is 1.57. The summed E-state index contributed by atoms with van der Waals surface area (Å²) in [5.74, 6) is 0.752. The number of allylic oxidation sites excluding steroid dienone is 3. The molecule has 0 fully saturated rings. The van der Waals surface area contributed by atoms with Crippen molar-refractivity contribution in [1.82, 2.24) is 0 Å². The number of aliphatic hydroxyl groups excluding tert-OH is 1. The molecule has 0 aliphatic heterocycles. The van der Waals surface area contributed by atoms with Gasteiger partial charge in [0.25, 0.3) is 0 Å². The summed E-state index contributed by atoms with van der Waals surface area (Å²) >= 11 is 3.33. The normalized spacial score (nSPS) is 24.0. The molecule has 1 rings (SSSR count). The minimum absolute atomic E-state index is 0.0545. The van der Waals surface area contributed by atoms with Crippen LogP contribution < -0.4 is 0 Å². The zero-order chi connectivity index (χ0) is 14.6. The van der Waals surface area contributed by atoms with E-state index < -0.39 is 11.5 Å². The Balaban J connectivity index is 2.82. The molecule has 0 radical (unpaired) electrons. The number of carbonyl (C=O) groups is 1. The molecule has 0 saturated carbocycles. The molecule has 106 valence electrons. The number of methoxy groups -OCH3 is 1. The van der Waals surface area contributed by atoms with Crippen molar-refractivity contribution >= 4 is 21.7 Å². The van der Waals surface area contributed by atoms with E-state index in [-0.39, 0.29) is 5.78 Å². The molecule has 0 aromatic heterocycles. The standard InChI is InChI=1S/C15H21BrO3/c1-10(2)13(17)5-6-15(8-11(3)16)9-12(19-4)7-14(15)18/h7,13,17H,1,3,5-6,8-9H2,2,4H3/t13-,15+/m0/s1. The minimum atomic E-state index is -0.570. The van der Waals surface area contributed by atoms with Gasteiger partial charge < -0.3 is 9.84 Å². The third-order valence-corrected chi connectivity index (χ3v) is 3.87. The molecule has 2 atom stereocenters. The third-order valence-electron chi connectivity index (χ3n) is 3.58. The maximum absolute atomic E-state index is 12.3. The maximum Gasteiger partial charge on any atom is 0.165 e. The number of hydrogen-bond donors (Lipinski definition) is 1. The second-order valence-electron chi connectivity index (χ2n) is 5.23. The van der Waals surface area contributed by atoms with Crippen molar-refractivity contribution in [1.29, 1.82) is 0 Å². The third kappa shape index (κ3) is 4.05. The first-order chi connectivity index (χ1) is 8.80. The molecule has 1 aliphatic rings. The highest BCUT2D eigenvalue weighted by Gasteiger charge is 2.43. The molecule has 4 heteroatoms. The number of ketones is 1. The van der Waals surface area contributed by atoms with Gasteiger partial charge in [0, 0.05) is 17.9 Å². The van der Waals surface area contributed by atoms with Crippen LogP contribution in [0.4, 0.5) is 0 Å². The van der Waals surface area contributed by atoms with Crippen molar-refractivity contribution in [2.75, 3.05) is 7.11 Å². The molecule has 0 aromatic rings. The predicted molar refractivity (Wildman–Crippen MR) is 79.9 cm³/mol. The number of carbonyl (C=O) groups excluding carboxylic acids is 1.